The number of hydrogen-bond acceptors (Lipinski definition) is 7. The summed E-state index contributed by atoms with van der Waals surface area (Å²) >= 11 is 1.22. The van der Waals surface area contributed by atoms with E-state index in [0.717, 1.165) is 16.8 Å². The van der Waals surface area contributed by atoms with Crippen LogP contribution in [0.3, 0.4) is 0 Å². The zero-order valence-electron chi connectivity index (χ0n) is 19.4. The summed E-state index contributed by atoms with van der Waals surface area (Å²) in [6, 6.07) is 21.7. The number of nitrogens with one attached hydrogen (secondary N) is 1. The summed E-state index contributed by atoms with van der Waals surface area (Å²) in [7, 11) is 0. The molecule has 3 aromatic carbocycles. The fraction of sp³-hybridized carbons (Fsp3) is 0.185. The molecule has 1 N–H and O–H groups in total. The molecule has 0 aromatic heterocycles. The Kier molecular flexibility index (Phi) is 5.69. The number of benzene rings is 3. The van der Waals surface area contributed by atoms with Crippen LogP contribution in [-0.4, -0.2) is 46.2 Å². The molecular formula is C27H22N4O4S. The fourth-order valence-electron chi connectivity index (χ4n) is 4.26. The van der Waals surface area contributed by atoms with Gasteiger partial charge in [-0.3, -0.25) is 9.59 Å². The van der Waals surface area contributed by atoms with E-state index in [9.17, 15) is 9.59 Å². The Labute approximate surface area is 212 Å². The number of para-hydroxylation sites is 1. The summed E-state index contributed by atoms with van der Waals surface area (Å²) in [5.74, 6) is 1.41. The Morgan fingerprint density at radius 3 is 2.61 bits per heavy atom. The van der Waals surface area contributed by atoms with Crippen LogP contribution >= 0.6 is 11.8 Å². The molecule has 8 nitrogen and oxygen atoms in total. The second kappa shape index (κ2) is 9.16. The quantitative estimate of drug-likeness (QED) is 0.570. The van der Waals surface area contributed by atoms with Crippen molar-refractivity contribution in [1.29, 1.82) is 0 Å². The number of nitrogens with zero attached hydrogens (tertiary/aromatic N) is 3. The van der Waals surface area contributed by atoms with Gasteiger partial charge in [-0.2, -0.15) is 0 Å². The fourth-order valence-corrected chi connectivity index (χ4v) is 5.17. The van der Waals surface area contributed by atoms with Crippen LogP contribution in [-0.2, 0) is 9.59 Å². The van der Waals surface area contributed by atoms with Gasteiger partial charge in [-0.15, -0.1) is 0 Å². The van der Waals surface area contributed by atoms with Crippen LogP contribution in [0.25, 0.3) is 0 Å². The highest BCUT2D eigenvalue weighted by Crippen LogP contribution is 2.38. The van der Waals surface area contributed by atoms with Gasteiger partial charge in [0.25, 0.3) is 5.91 Å². The number of aliphatic imine (C=N–C) groups is 2. The predicted octanol–water partition coefficient (Wildman–Crippen LogP) is 4.55. The molecule has 6 rings (SSSR count). The first-order valence-electron chi connectivity index (χ1n) is 11.6. The SMILES string of the molecule is C[C@@H](SC1=Nc2ccccc2C2=N[C@@H](c3ccccc3)C(=O)N12)C(=O)Nc1ccc2c(c1)OCCO2. The molecule has 3 aromatic rings. The topological polar surface area (TPSA) is 92.6 Å². The van der Waals surface area contributed by atoms with Crippen LogP contribution in [0.5, 0.6) is 11.5 Å². The molecule has 180 valence electrons. The van der Waals surface area contributed by atoms with Gasteiger partial charge in [0, 0.05) is 17.3 Å². The highest BCUT2D eigenvalue weighted by atomic mass is 32.2. The number of rotatable bonds is 4. The normalized spacial score (nSPS) is 18.5. The van der Waals surface area contributed by atoms with Crippen molar-refractivity contribution < 1.29 is 19.1 Å². The molecule has 0 unspecified atom stereocenters. The zero-order valence-corrected chi connectivity index (χ0v) is 20.2. The third-order valence-electron chi connectivity index (χ3n) is 6.05. The number of carbonyl (C=O) groups is 2. The lowest BCUT2D eigenvalue weighted by Crippen LogP contribution is -2.41. The van der Waals surface area contributed by atoms with Gasteiger partial charge in [0.1, 0.15) is 19.0 Å². The first-order valence-corrected chi connectivity index (χ1v) is 12.5. The minimum absolute atomic E-state index is 0.184. The van der Waals surface area contributed by atoms with Gasteiger partial charge < -0.3 is 14.8 Å². The average Bonchev–Trinajstić information content (AvgIpc) is 3.27. The Hall–Kier alpha value is -4.11. The molecule has 0 aliphatic carbocycles. The summed E-state index contributed by atoms with van der Waals surface area (Å²) in [5, 5.41) is 2.82. The van der Waals surface area contributed by atoms with Crippen LogP contribution in [0.15, 0.2) is 82.8 Å². The van der Waals surface area contributed by atoms with E-state index in [1.807, 2.05) is 54.6 Å². The molecule has 3 aliphatic rings. The summed E-state index contributed by atoms with van der Waals surface area (Å²) in [6.07, 6.45) is 0. The number of carbonyl (C=O) groups excluding carboxylic acids is 2. The second-order valence-electron chi connectivity index (χ2n) is 8.46. The van der Waals surface area contributed by atoms with Crippen LogP contribution in [0.2, 0.25) is 0 Å². The molecule has 2 amide bonds. The standard InChI is InChI=1S/C27H22N4O4S/c1-16(25(32)28-18-11-12-21-22(15-18)35-14-13-34-21)36-27-29-20-10-6-5-9-19(20)24-30-23(26(33)31(24)27)17-7-3-2-4-8-17/h2-12,15-16,23H,13-14H2,1H3,(H,28,32)/t16-,23+/m1/s1. The first kappa shape index (κ1) is 22.4. The van der Waals surface area contributed by atoms with Crippen molar-refractivity contribution in [2.75, 3.05) is 18.5 Å². The molecule has 3 heterocycles. The molecule has 0 saturated carbocycles. The lowest BCUT2D eigenvalue weighted by molar-refractivity contribution is -0.124. The van der Waals surface area contributed by atoms with Crippen molar-refractivity contribution in [2.45, 2.75) is 18.2 Å². The third kappa shape index (κ3) is 4.01. The Morgan fingerprint density at radius 2 is 1.78 bits per heavy atom. The molecular weight excluding hydrogens is 476 g/mol. The van der Waals surface area contributed by atoms with Gasteiger partial charge in [-0.1, -0.05) is 54.2 Å². The molecule has 36 heavy (non-hydrogen) atoms. The summed E-state index contributed by atoms with van der Waals surface area (Å²) in [6.45, 7) is 2.76. The van der Waals surface area contributed by atoms with Crippen molar-refractivity contribution in [3.05, 3.63) is 83.9 Å². The zero-order chi connectivity index (χ0) is 24.6. The van der Waals surface area contributed by atoms with Crippen molar-refractivity contribution >= 4 is 46.0 Å². The van der Waals surface area contributed by atoms with Crippen molar-refractivity contribution in [3.8, 4) is 11.5 Å². The number of thioether (sulfide) groups is 1. The lowest BCUT2D eigenvalue weighted by atomic mass is 10.1. The molecule has 3 aliphatic heterocycles. The number of fused-ring (bicyclic) bond motifs is 4. The molecule has 2 atom stereocenters. The average molecular weight is 499 g/mol. The highest BCUT2D eigenvalue weighted by molar-refractivity contribution is 8.15. The monoisotopic (exact) mass is 498 g/mol. The van der Waals surface area contributed by atoms with E-state index in [4.69, 9.17) is 19.5 Å². The minimum Gasteiger partial charge on any atom is -0.486 e. The largest absolute Gasteiger partial charge is 0.486 e. The smallest absolute Gasteiger partial charge is 0.263 e. The van der Waals surface area contributed by atoms with Gasteiger partial charge in [-0.25, -0.2) is 14.9 Å². The molecule has 0 radical (unpaired) electrons. The summed E-state index contributed by atoms with van der Waals surface area (Å²) in [4.78, 5) is 37.7. The number of ether oxygens (including phenoxy) is 2. The van der Waals surface area contributed by atoms with E-state index in [0.29, 0.717) is 41.4 Å². The van der Waals surface area contributed by atoms with Gasteiger partial charge >= 0.3 is 0 Å². The van der Waals surface area contributed by atoms with Crippen LogP contribution < -0.4 is 14.8 Å². The van der Waals surface area contributed by atoms with Crippen molar-refractivity contribution in [2.24, 2.45) is 9.98 Å². The molecule has 0 saturated heterocycles. The maximum absolute atomic E-state index is 13.5. The highest BCUT2D eigenvalue weighted by Gasteiger charge is 2.42. The van der Waals surface area contributed by atoms with Crippen molar-refractivity contribution in [3.63, 3.8) is 0 Å². The number of hydrogen-bond donors (Lipinski definition) is 1. The third-order valence-corrected chi connectivity index (χ3v) is 7.10. The Balaban J connectivity index is 1.25. The number of amides is 2. The maximum atomic E-state index is 13.5. The number of amidine groups is 2. The second-order valence-corrected chi connectivity index (χ2v) is 9.77. The molecule has 0 fully saturated rings. The van der Waals surface area contributed by atoms with Gasteiger partial charge in [-0.05, 0) is 36.8 Å². The van der Waals surface area contributed by atoms with E-state index in [-0.39, 0.29) is 11.8 Å². The maximum Gasteiger partial charge on any atom is 0.263 e. The van der Waals surface area contributed by atoms with Crippen molar-refractivity contribution in [1.82, 2.24) is 4.90 Å². The molecule has 0 spiro atoms. The lowest BCUT2D eigenvalue weighted by Gasteiger charge is -2.27. The summed E-state index contributed by atoms with van der Waals surface area (Å²) in [5.41, 5.74) is 2.94. The van der Waals surface area contributed by atoms with E-state index in [1.165, 1.54) is 11.8 Å². The van der Waals surface area contributed by atoms with E-state index in [2.05, 4.69) is 5.32 Å². The van der Waals surface area contributed by atoms with Crippen LogP contribution in [0.4, 0.5) is 11.4 Å². The predicted molar refractivity (Wildman–Crippen MR) is 139 cm³/mol. The minimum atomic E-state index is -0.653. The van der Waals surface area contributed by atoms with E-state index >= 15 is 0 Å². The van der Waals surface area contributed by atoms with Crippen LogP contribution in [0, 0.1) is 0 Å². The van der Waals surface area contributed by atoms with Gasteiger partial charge in [0.15, 0.2) is 22.7 Å². The first-order chi connectivity index (χ1) is 17.6. The molecule has 0 bridgehead atoms. The van der Waals surface area contributed by atoms with Gasteiger partial charge in [0.2, 0.25) is 5.91 Å². The van der Waals surface area contributed by atoms with Crippen LogP contribution in [0.1, 0.15) is 24.1 Å². The molecule has 9 heteroatoms. The van der Waals surface area contributed by atoms with Gasteiger partial charge in [0.05, 0.1) is 10.9 Å². The van der Waals surface area contributed by atoms with E-state index < -0.39 is 11.3 Å². The number of anilines is 1. The van der Waals surface area contributed by atoms with E-state index in [1.54, 1.807) is 30.0 Å². The Bertz CT molecular complexity index is 1420. The summed E-state index contributed by atoms with van der Waals surface area (Å²) < 4.78 is 11.2. The Morgan fingerprint density at radius 1 is 1.03 bits per heavy atom.